The predicted molar refractivity (Wildman–Crippen MR) is 71.7 cm³/mol. The average Bonchev–Trinajstić information content (AvgIpc) is 2.92. The molecule has 1 saturated heterocycles. The highest BCUT2D eigenvalue weighted by atomic mass is 16.5. The van der Waals surface area contributed by atoms with Crippen LogP contribution in [0.15, 0.2) is 24.3 Å². The molecule has 0 N–H and O–H groups in total. The van der Waals surface area contributed by atoms with Crippen LogP contribution < -0.4 is 4.74 Å². The quantitative estimate of drug-likeness (QED) is 0.818. The summed E-state index contributed by atoms with van der Waals surface area (Å²) < 4.78 is 5.74. The van der Waals surface area contributed by atoms with E-state index in [2.05, 4.69) is 13.0 Å². The van der Waals surface area contributed by atoms with Crippen molar-refractivity contribution in [2.45, 2.75) is 39.2 Å². The SMILES string of the molecule is CCc1cccc(O[C@H](C)C(=O)N2CCCC2)c1. The van der Waals surface area contributed by atoms with Crippen molar-refractivity contribution in [3.63, 3.8) is 0 Å². The lowest BCUT2D eigenvalue weighted by Crippen LogP contribution is -2.38. The molecule has 3 nitrogen and oxygen atoms in total. The number of rotatable bonds is 4. The Morgan fingerprint density at radius 2 is 2.11 bits per heavy atom. The number of likely N-dealkylation sites (tertiary alicyclic amines) is 1. The summed E-state index contributed by atoms with van der Waals surface area (Å²) >= 11 is 0. The highest BCUT2D eigenvalue weighted by Crippen LogP contribution is 2.17. The van der Waals surface area contributed by atoms with Crippen LogP contribution in [-0.2, 0) is 11.2 Å². The van der Waals surface area contributed by atoms with E-state index >= 15 is 0 Å². The van der Waals surface area contributed by atoms with Crippen molar-refractivity contribution in [2.75, 3.05) is 13.1 Å². The molecule has 1 aromatic rings. The topological polar surface area (TPSA) is 29.5 Å². The molecule has 18 heavy (non-hydrogen) atoms. The molecular weight excluding hydrogens is 226 g/mol. The molecule has 3 heteroatoms. The van der Waals surface area contributed by atoms with Gasteiger partial charge in [-0.3, -0.25) is 4.79 Å². The number of aryl methyl sites for hydroxylation is 1. The first kappa shape index (κ1) is 12.9. The lowest BCUT2D eigenvalue weighted by molar-refractivity contribution is -0.136. The van der Waals surface area contributed by atoms with Crippen LogP contribution in [0.4, 0.5) is 0 Å². The fourth-order valence-corrected chi connectivity index (χ4v) is 2.29. The van der Waals surface area contributed by atoms with Crippen molar-refractivity contribution in [3.8, 4) is 5.75 Å². The molecule has 0 radical (unpaired) electrons. The van der Waals surface area contributed by atoms with Gasteiger partial charge < -0.3 is 9.64 Å². The lowest BCUT2D eigenvalue weighted by Gasteiger charge is -2.21. The Morgan fingerprint density at radius 3 is 2.78 bits per heavy atom. The van der Waals surface area contributed by atoms with Crippen LogP contribution >= 0.6 is 0 Å². The monoisotopic (exact) mass is 247 g/mol. The Bertz CT molecular complexity index is 411. The van der Waals surface area contributed by atoms with Crippen LogP contribution in [0.5, 0.6) is 5.75 Å². The summed E-state index contributed by atoms with van der Waals surface area (Å²) in [6.07, 6.45) is 2.81. The maximum absolute atomic E-state index is 12.1. The van der Waals surface area contributed by atoms with Crippen molar-refractivity contribution in [1.82, 2.24) is 4.90 Å². The molecule has 0 unspecified atom stereocenters. The smallest absolute Gasteiger partial charge is 0.263 e. The van der Waals surface area contributed by atoms with Gasteiger partial charge in [0.1, 0.15) is 5.75 Å². The minimum Gasteiger partial charge on any atom is -0.481 e. The molecule has 0 aromatic heterocycles. The highest BCUT2D eigenvalue weighted by Gasteiger charge is 2.24. The zero-order valence-electron chi connectivity index (χ0n) is 11.2. The summed E-state index contributed by atoms with van der Waals surface area (Å²) in [7, 11) is 0. The van der Waals surface area contributed by atoms with Crippen LogP contribution in [0.3, 0.4) is 0 Å². The molecule has 0 aliphatic carbocycles. The van der Waals surface area contributed by atoms with E-state index in [1.165, 1.54) is 5.56 Å². The minimum atomic E-state index is -0.393. The van der Waals surface area contributed by atoms with E-state index < -0.39 is 6.10 Å². The number of carbonyl (C=O) groups is 1. The van der Waals surface area contributed by atoms with E-state index in [1.807, 2.05) is 30.0 Å². The largest absolute Gasteiger partial charge is 0.481 e. The van der Waals surface area contributed by atoms with E-state index in [9.17, 15) is 4.79 Å². The molecule has 98 valence electrons. The molecule has 1 aliphatic heterocycles. The Labute approximate surface area is 109 Å². The third kappa shape index (κ3) is 3.03. The van der Waals surface area contributed by atoms with Gasteiger partial charge in [-0.1, -0.05) is 19.1 Å². The van der Waals surface area contributed by atoms with Crippen molar-refractivity contribution in [1.29, 1.82) is 0 Å². The number of carbonyl (C=O) groups excluding carboxylic acids is 1. The highest BCUT2D eigenvalue weighted by molar-refractivity contribution is 5.81. The summed E-state index contributed by atoms with van der Waals surface area (Å²) in [6.45, 7) is 5.69. The van der Waals surface area contributed by atoms with E-state index in [0.717, 1.165) is 38.1 Å². The first-order valence-electron chi connectivity index (χ1n) is 6.75. The molecule has 0 spiro atoms. The van der Waals surface area contributed by atoms with Crippen LogP contribution in [0.1, 0.15) is 32.3 Å². The van der Waals surface area contributed by atoms with Gasteiger partial charge in [0.2, 0.25) is 0 Å². The van der Waals surface area contributed by atoms with Gasteiger partial charge in [-0.15, -0.1) is 0 Å². The minimum absolute atomic E-state index is 0.106. The lowest BCUT2D eigenvalue weighted by atomic mass is 10.2. The van der Waals surface area contributed by atoms with Crippen molar-refractivity contribution >= 4 is 5.91 Å². The molecule has 0 bridgehead atoms. The van der Waals surface area contributed by atoms with Gasteiger partial charge >= 0.3 is 0 Å². The van der Waals surface area contributed by atoms with Gasteiger partial charge in [0.25, 0.3) is 5.91 Å². The van der Waals surface area contributed by atoms with Gasteiger partial charge in [0.15, 0.2) is 6.10 Å². The van der Waals surface area contributed by atoms with E-state index in [0.29, 0.717) is 0 Å². The summed E-state index contributed by atoms with van der Waals surface area (Å²) in [5.74, 6) is 0.892. The fraction of sp³-hybridized carbons (Fsp3) is 0.533. The van der Waals surface area contributed by atoms with E-state index in [1.54, 1.807) is 0 Å². The third-order valence-corrected chi connectivity index (χ3v) is 3.39. The molecule has 1 aromatic carbocycles. The first-order valence-corrected chi connectivity index (χ1v) is 6.75. The molecular formula is C15H21NO2. The Morgan fingerprint density at radius 1 is 1.39 bits per heavy atom. The number of hydrogen-bond acceptors (Lipinski definition) is 2. The van der Waals surface area contributed by atoms with Gasteiger partial charge in [0, 0.05) is 13.1 Å². The van der Waals surface area contributed by atoms with E-state index in [4.69, 9.17) is 4.74 Å². The number of benzene rings is 1. The predicted octanol–water partition coefficient (Wildman–Crippen LogP) is 2.64. The summed E-state index contributed by atoms with van der Waals surface area (Å²) in [5.41, 5.74) is 1.23. The summed E-state index contributed by atoms with van der Waals surface area (Å²) in [4.78, 5) is 14.0. The number of ether oxygens (including phenoxy) is 1. The summed E-state index contributed by atoms with van der Waals surface area (Å²) in [5, 5.41) is 0. The van der Waals surface area contributed by atoms with Gasteiger partial charge in [0.05, 0.1) is 0 Å². The maximum atomic E-state index is 12.1. The first-order chi connectivity index (χ1) is 8.70. The zero-order valence-corrected chi connectivity index (χ0v) is 11.2. The molecule has 2 rings (SSSR count). The van der Waals surface area contributed by atoms with Gasteiger partial charge in [-0.05, 0) is 43.9 Å². The molecule has 1 atom stereocenters. The second-order valence-electron chi connectivity index (χ2n) is 4.79. The molecule has 1 fully saturated rings. The second kappa shape index (κ2) is 5.89. The Hall–Kier alpha value is -1.51. The van der Waals surface area contributed by atoms with Crippen molar-refractivity contribution in [3.05, 3.63) is 29.8 Å². The van der Waals surface area contributed by atoms with Crippen molar-refractivity contribution < 1.29 is 9.53 Å². The average molecular weight is 247 g/mol. The summed E-state index contributed by atoms with van der Waals surface area (Å²) in [6, 6.07) is 7.96. The van der Waals surface area contributed by atoms with E-state index in [-0.39, 0.29) is 5.91 Å². The van der Waals surface area contributed by atoms with Gasteiger partial charge in [-0.2, -0.15) is 0 Å². The Balaban J connectivity index is 1.97. The van der Waals surface area contributed by atoms with Crippen LogP contribution in [0, 0.1) is 0 Å². The van der Waals surface area contributed by atoms with Crippen LogP contribution in [0.25, 0.3) is 0 Å². The number of amides is 1. The zero-order chi connectivity index (χ0) is 13.0. The standard InChI is InChI=1S/C15H21NO2/c1-3-13-7-6-8-14(11-13)18-12(2)15(17)16-9-4-5-10-16/h6-8,11-12H,3-5,9-10H2,1-2H3/t12-/m1/s1. The molecule has 1 amide bonds. The number of hydrogen-bond donors (Lipinski definition) is 0. The maximum Gasteiger partial charge on any atom is 0.263 e. The van der Waals surface area contributed by atoms with Gasteiger partial charge in [-0.25, -0.2) is 0 Å². The Kier molecular flexibility index (Phi) is 4.24. The van der Waals surface area contributed by atoms with Crippen molar-refractivity contribution in [2.24, 2.45) is 0 Å². The second-order valence-corrected chi connectivity index (χ2v) is 4.79. The normalized spacial score (nSPS) is 16.7. The fourth-order valence-electron chi connectivity index (χ4n) is 2.29. The molecule has 0 saturated carbocycles. The molecule has 1 aliphatic rings. The van der Waals surface area contributed by atoms with Crippen LogP contribution in [-0.4, -0.2) is 30.0 Å². The molecule has 1 heterocycles. The number of nitrogens with zero attached hydrogens (tertiary/aromatic N) is 1. The van der Waals surface area contributed by atoms with Crippen LogP contribution in [0.2, 0.25) is 0 Å². The third-order valence-electron chi connectivity index (χ3n) is 3.39.